The molecule has 1 saturated carbocycles. The zero-order valence-corrected chi connectivity index (χ0v) is 12.2. The third kappa shape index (κ3) is 4.23. The van der Waals surface area contributed by atoms with Crippen LogP contribution in [0.3, 0.4) is 0 Å². The number of amides is 1. The topological polar surface area (TPSA) is 64.3 Å². The van der Waals surface area contributed by atoms with E-state index in [-0.39, 0.29) is 11.4 Å². The Labute approximate surface area is 120 Å². The zero-order valence-electron chi connectivity index (χ0n) is 12.2. The van der Waals surface area contributed by atoms with E-state index in [1.165, 1.54) is 5.56 Å². The highest BCUT2D eigenvalue weighted by molar-refractivity contribution is 5.77. The van der Waals surface area contributed by atoms with Crippen LogP contribution in [0.5, 0.6) is 5.75 Å². The van der Waals surface area contributed by atoms with E-state index in [0.29, 0.717) is 13.0 Å². The molecule has 0 aromatic heterocycles. The van der Waals surface area contributed by atoms with E-state index in [9.17, 15) is 4.79 Å². The molecule has 1 aromatic rings. The Morgan fingerprint density at radius 2 is 1.95 bits per heavy atom. The molecule has 1 aliphatic carbocycles. The van der Waals surface area contributed by atoms with Crippen molar-refractivity contribution in [1.29, 1.82) is 0 Å². The summed E-state index contributed by atoms with van der Waals surface area (Å²) in [5, 5.41) is 2.96. The van der Waals surface area contributed by atoms with Gasteiger partial charge in [-0.25, -0.2) is 0 Å². The molecule has 0 radical (unpaired) electrons. The Kier molecular flexibility index (Phi) is 5.01. The van der Waals surface area contributed by atoms with Crippen molar-refractivity contribution >= 4 is 5.91 Å². The number of benzene rings is 1. The fourth-order valence-electron chi connectivity index (χ4n) is 2.78. The minimum atomic E-state index is -0.260. The fourth-order valence-corrected chi connectivity index (χ4v) is 2.78. The maximum Gasteiger partial charge on any atom is 0.221 e. The third-order valence-electron chi connectivity index (χ3n) is 4.01. The number of rotatable bonds is 6. The van der Waals surface area contributed by atoms with Crippen LogP contribution in [0.25, 0.3) is 0 Å². The van der Waals surface area contributed by atoms with Gasteiger partial charge in [0.25, 0.3) is 0 Å². The number of nitrogens with two attached hydrogens (primary N) is 1. The first-order valence-electron chi connectivity index (χ1n) is 7.30. The van der Waals surface area contributed by atoms with E-state index >= 15 is 0 Å². The van der Waals surface area contributed by atoms with Crippen LogP contribution in [0.2, 0.25) is 0 Å². The first kappa shape index (κ1) is 14.9. The summed E-state index contributed by atoms with van der Waals surface area (Å²) >= 11 is 0. The van der Waals surface area contributed by atoms with Gasteiger partial charge in [0.2, 0.25) is 5.91 Å². The van der Waals surface area contributed by atoms with Gasteiger partial charge in [0.05, 0.1) is 7.11 Å². The molecule has 4 heteroatoms. The standard InChI is InChI=1S/C16H24N2O2/c1-20-14-6-4-13(5-7-14)8-11-18-15(19)12-16(17)9-2-3-10-16/h4-7H,2-3,8-12,17H2,1H3,(H,18,19). The van der Waals surface area contributed by atoms with Gasteiger partial charge < -0.3 is 15.8 Å². The summed E-state index contributed by atoms with van der Waals surface area (Å²) in [6, 6.07) is 7.91. The molecule has 20 heavy (non-hydrogen) atoms. The van der Waals surface area contributed by atoms with Gasteiger partial charge in [-0.3, -0.25) is 4.79 Å². The maximum absolute atomic E-state index is 11.9. The minimum absolute atomic E-state index is 0.0721. The lowest BCUT2D eigenvalue weighted by atomic mass is 9.94. The Hall–Kier alpha value is -1.55. The van der Waals surface area contributed by atoms with Gasteiger partial charge in [-0.05, 0) is 37.0 Å². The Bertz CT molecular complexity index is 436. The summed E-state index contributed by atoms with van der Waals surface area (Å²) in [5.41, 5.74) is 7.13. The van der Waals surface area contributed by atoms with Gasteiger partial charge in [-0.2, -0.15) is 0 Å². The first-order chi connectivity index (χ1) is 9.61. The predicted octanol–water partition coefficient (Wildman–Crippen LogP) is 2.02. The molecule has 3 N–H and O–H groups in total. The summed E-state index contributed by atoms with van der Waals surface area (Å²) in [6.45, 7) is 0.654. The number of methoxy groups -OCH3 is 1. The molecule has 1 fully saturated rings. The molecule has 4 nitrogen and oxygen atoms in total. The van der Waals surface area contributed by atoms with Crippen LogP contribution in [-0.4, -0.2) is 25.1 Å². The summed E-state index contributed by atoms with van der Waals surface area (Å²) in [7, 11) is 1.65. The van der Waals surface area contributed by atoms with Crippen molar-refractivity contribution in [3.05, 3.63) is 29.8 Å². The van der Waals surface area contributed by atoms with Crippen molar-refractivity contribution in [2.45, 2.75) is 44.1 Å². The van der Waals surface area contributed by atoms with Gasteiger partial charge in [0.15, 0.2) is 0 Å². The van der Waals surface area contributed by atoms with Crippen LogP contribution >= 0.6 is 0 Å². The maximum atomic E-state index is 11.9. The lowest BCUT2D eigenvalue weighted by Gasteiger charge is -2.22. The van der Waals surface area contributed by atoms with Gasteiger partial charge in [0.1, 0.15) is 5.75 Å². The highest BCUT2D eigenvalue weighted by Gasteiger charge is 2.31. The van der Waals surface area contributed by atoms with Crippen LogP contribution in [0.15, 0.2) is 24.3 Å². The van der Waals surface area contributed by atoms with Crippen LogP contribution < -0.4 is 15.8 Å². The SMILES string of the molecule is COc1ccc(CCNC(=O)CC2(N)CCCC2)cc1. The third-order valence-corrected chi connectivity index (χ3v) is 4.01. The molecular formula is C16H24N2O2. The monoisotopic (exact) mass is 276 g/mol. The van der Waals surface area contributed by atoms with Gasteiger partial charge >= 0.3 is 0 Å². The molecule has 0 atom stereocenters. The smallest absolute Gasteiger partial charge is 0.221 e. The minimum Gasteiger partial charge on any atom is -0.497 e. The van der Waals surface area contributed by atoms with Crippen LogP contribution in [0, 0.1) is 0 Å². The highest BCUT2D eigenvalue weighted by Crippen LogP contribution is 2.29. The van der Waals surface area contributed by atoms with Crippen molar-refractivity contribution in [1.82, 2.24) is 5.32 Å². The lowest BCUT2D eigenvalue weighted by Crippen LogP contribution is -2.42. The number of carbonyl (C=O) groups excluding carboxylic acids is 1. The largest absolute Gasteiger partial charge is 0.497 e. The second-order valence-corrected chi connectivity index (χ2v) is 5.69. The Morgan fingerprint density at radius 1 is 1.30 bits per heavy atom. The molecule has 1 aromatic carbocycles. The molecule has 1 aliphatic rings. The van der Waals surface area contributed by atoms with Crippen molar-refractivity contribution in [3.8, 4) is 5.75 Å². The fraction of sp³-hybridized carbons (Fsp3) is 0.562. The van der Waals surface area contributed by atoms with E-state index in [2.05, 4.69) is 5.32 Å². The summed E-state index contributed by atoms with van der Waals surface area (Å²) in [5.74, 6) is 0.923. The summed E-state index contributed by atoms with van der Waals surface area (Å²) in [4.78, 5) is 11.9. The van der Waals surface area contributed by atoms with Crippen LogP contribution in [-0.2, 0) is 11.2 Å². The van der Waals surface area contributed by atoms with Crippen molar-refractivity contribution < 1.29 is 9.53 Å². The van der Waals surface area contributed by atoms with E-state index in [4.69, 9.17) is 10.5 Å². The average molecular weight is 276 g/mol. The molecule has 0 saturated heterocycles. The molecule has 0 spiro atoms. The number of ether oxygens (including phenoxy) is 1. The molecule has 110 valence electrons. The van der Waals surface area contributed by atoms with Crippen LogP contribution in [0.1, 0.15) is 37.7 Å². The van der Waals surface area contributed by atoms with Crippen LogP contribution in [0.4, 0.5) is 0 Å². The molecular weight excluding hydrogens is 252 g/mol. The number of nitrogens with one attached hydrogen (secondary N) is 1. The molecule has 0 bridgehead atoms. The molecule has 0 aliphatic heterocycles. The normalized spacial score (nSPS) is 16.9. The van der Waals surface area contributed by atoms with Gasteiger partial charge in [-0.15, -0.1) is 0 Å². The second-order valence-electron chi connectivity index (χ2n) is 5.69. The first-order valence-corrected chi connectivity index (χ1v) is 7.30. The number of hydrogen-bond donors (Lipinski definition) is 2. The Morgan fingerprint density at radius 3 is 2.55 bits per heavy atom. The van der Waals surface area contributed by atoms with Gasteiger partial charge in [0, 0.05) is 18.5 Å². The van der Waals surface area contributed by atoms with Crippen molar-refractivity contribution in [2.75, 3.05) is 13.7 Å². The molecule has 2 rings (SSSR count). The van der Waals surface area contributed by atoms with E-state index in [1.807, 2.05) is 24.3 Å². The van der Waals surface area contributed by atoms with E-state index in [1.54, 1.807) is 7.11 Å². The molecule has 0 unspecified atom stereocenters. The van der Waals surface area contributed by atoms with E-state index in [0.717, 1.165) is 37.9 Å². The van der Waals surface area contributed by atoms with Gasteiger partial charge in [-0.1, -0.05) is 25.0 Å². The summed E-state index contributed by atoms with van der Waals surface area (Å²) in [6.07, 6.45) is 5.52. The quantitative estimate of drug-likeness (QED) is 0.835. The van der Waals surface area contributed by atoms with E-state index < -0.39 is 0 Å². The van der Waals surface area contributed by atoms with Crippen molar-refractivity contribution in [2.24, 2.45) is 5.73 Å². The van der Waals surface area contributed by atoms with Crippen molar-refractivity contribution in [3.63, 3.8) is 0 Å². The number of hydrogen-bond acceptors (Lipinski definition) is 3. The Balaban J connectivity index is 1.70. The molecule has 0 heterocycles. The number of carbonyl (C=O) groups is 1. The molecule has 1 amide bonds. The average Bonchev–Trinajstić information content (AvgIpc) is 2.86. The zero-order chi connectivity index (χ0) is 14.4. The predicted molar refractivity (Wildman–Crippen MR) is 79.7 cm³/mol. The summed E-state index contributed by atoms with van der Waals surface area (Å²) < 4.78 is 5.11. The second kappa shape index (κ2) is 6.75. The lowest BCUT2D eigenvalue weighted by molar-refractivity contribution is -0.122. The highest BCUT2D eigenvalue weighted by atomic mass is 16.5.